The Kier molecular flexibility index (Phi) is 63.1. The van der Waals surface area contributed by atoms with E-state index in [1.165, 1.54) is 173 Å². The van der Waals surface area contributed by atoms with Crippen molar-refractivity contribution in [2.24, 2.45) is 23.7 Å². The summed E-state index contributed by atoms with van der Waals surface area (Å²) in [6, 6.07) is 0. The van der Waals surface area contributed by atoms with Crippen LogP contribution in [0.5, 0.6) is 0 Å². The third-order valence-electron chi connectivity index (χ3n) is 18.8. The summed E-state index contributed by atoms with van der Waals surface area (Å²) in [6.07, 6.45) is 48.7. The van der Waals surface area contributed by atoms with Crippen LogP contribution in [0.4, 0.5) is 0 Å². The molecule has 0 aliphatic carbocycles. The largest absolute Gasteiger partial charge is 0.472 e. The molecule has 9 atom stereocenters. The Balaban J connectivity index is 5.18. The number of unbranched alkanes of at least 4 members (excludes halogenated alkanes) is 34. The van der Waals surface area contributed by atoms with Crippen molar-refractivity contribution in [3.8, 4) is 0 Å². The van der Waals surface area contributed by atoms with E-state index >= 15 is 0 Å². The number of aliphatic hydroxyl groups is 1. The van der Waals surface area contributed by atoms with Crippen LogP contribution < -0.4 is 0 Å². The van der Waals surface area contributed by atoms with E-state index in [1.54, 1.807) is 0 Å². The van der Waals surface area contributed by atoms with Gasteiger partial charge in [0.2, 0.25) is 0 Å². The fourth-order valence-electron chi connectivity index (χ4n) is 11.2. The van der Waals surface area contributed by atoms with Crippen molar-refractivity contribution in [2.75, 3.05) is 39.6 Å². The number of aliphatic hydroxyl groups excluding tert-OH is 1. The molecule has 0 saturated heterocycles. The third kappa shape index (κ3) is 63.5. The van der Waals surface area contributed by atoms with Crippen LogP contribution in [0, 0.1) is 23.7 Å². The lowest BCUT2D eigenvalue weighted by atomic mass is 9.99. The maximum absolute atomic E-state index is 13.1. The molecule has 0 aliphatic rings. The summed E-state index contributed by atoms with van der Waals surface area (Å²) >= 11 is 0. The highest BCUT2D eigenvalue weighted by atomic mass is 31.2. The van der Waals surface area contributed by atoms with E-state index < -0.39 is 97.5 Å². The van der Waals surface area contributed by atoms with Crippen LogP contribution >= 0.6 is 15.6 Å². The predicted molar refractivity (Wildman–Crippen MR) is 381 cm³/mol. The minimum atomic E-state index is -4.96. The van der Waals surface area contributed by atoms with Gasteiger partial charge in [-0.05, 0) is 49.4 Å². The molecule has 0 aliphatic heterocycles. The van der Waals surface area contributed by atoms with Gasteiger partial charge in [0, 0.05) is 25.7 Å². The summed E-state index contributed by atoms with van der Waals surface area (Å²) in [5.41, 5.74) is 0. The number of ether oxygens (including phenoxy) is 4. The first kappa shape index (κ1) is 92.1. The monoisotopic (exact) mass is 1380 g/mol. The molecule has 0 bridgehead atoms. The van der Waals surface area contributed by atoms with Gasteiger partial charge >= 0.3 is 39.5 Å². The first-order chi connectivity index (χ1) is 45.2. The number of carbonyl (C=O) groups excluding carboxylic acids is 4. The standard InChI is InChI=1S/C75H146O17P2/c1-9-65(5)51-43-35-27-23-21-19-17-15-13-14-16-18-20-22-24-30-41-49-57-74(79)91-70(61-85-72(77)55-47-39-29-26-25-28-36-44-52-66(6)10-2)63-89-93(81,82)87-59-69(76)60-88-94(83,84)90-64-71(92-75(80)58-50-42-34-32-38-46-54-68(8)12-4)62-86-73(78)56-48-40-33-31-37-45-53-67(7)11-3/h65-71,76H,9-64H2,1-8H3,(H,81,82)(H,83,84)/t65?,66?,67?,68?,69-,70-,71-/m1/s1. The number of hydrogen-bond donors (Lipinski definition) is 3. The zero-order chi connectivity index (χ0) is 69.6. The van der Waals surface area contributed by atoms with E-state index in [0.717, 1.165) is 120 Å². The van der Waals surface area contributed by atoms with Gasteiger partial charge in [0.1, 0.15) is 19.3 Å². The number of phosphoric acid groups is 2. The van der Waals surface area contributed by atoms with Gasteiger partial charge in [0.15, 0.2) is 12.2 Å². The van der Waals surface area contributed by atoms with Crippen molar-refractivity contribution in [1.82, 2.24) is 0 Å². The molecule has 19 heteroatoms. The van der Waals surface area contributed by atoms with E-state index in [-0.39, 0.29) is 25.7 Å². The number of rotatable bonds is 72. The molecule has 3 N–H and O–H groups in total. The Morgan fingerprint density at radius 2 is 0.479 bits per heavy atom. The molecule has 0 radical (unpaired) electrons. The highest BCUT2D eigenvalue weighted by Gasteiger charge is 2.30. The van der Waals surface area contributed by atoms with Crippen LogP contribution in [0.2, 0.25) is 0 Å². The fourth-order valence-corrected chi connectivity index (χ4v) is 12.8. The average molecular weight is 1380 g/mol. The van der Waals surface area contributed by atoms with Crippen LogP contribution in [0.3, 0.4) is 0 Å². The first-order valence-corrected chi connectivity index (χ1v) is 41.8. The molecular weight excluding hydrogens is 1230 g/mol. The molecule has 0 spiro atoms. The van der Waals surface area contributed by atoms with Crippen molar-refractivity contribution >= 4 is 39.5 Å². The second-order valence-corrected chi connectivity index (χ2v) is 30.9. The van der Waals surface area contributed by atoms with Crippen LogP contribution in [-0.2, 0) is 65.4 Å². The Bertz CT molecular complexity index is 1860. The average Bonchev–Trinajstić information content (AvgIpc) is 1.65. The molecule has 0 saturated carbocycles. The van der Waals surface area contributed by atoms with E-state index in [4.69, 9.17) is 37.0 Å². The quantitative estimate of drug-likeness (QED) is 0.0222. The Hall–Kier alpha value is -1.94. The summed E-state index contributed by atoms with van der Waals surface area (Å²) in [7, 11) is -9.91. The maximum atomic E-state index is 13.1. The SMILES string of the molecule is CCC(C)CCCCCCCCCCCCCCCCCCCCC(=O)O[C@H](COC(=O)CCCCCCCCCCC(C)CC)COP(=O)(O)OC[C@@H](O)COP(=O)(O)OC[C@@H](COC(=O)CCCCCCCCC(C)CC)OC(=O)CCCCCCCCC(C)CC. The minimum absolute atomic E-state index is 0.102. The first-order valence-electron chi connectivity index (χ1n) is 38.9. The van der Waals surface area contributed by atoms with Crippen LogP contribution in [0.15, 0.2) is 0 Å². The molecule has 0 amide bonds. The van der Waals surface area contributed by atoms with Gasteiger partial charge in [-0.15, -0.1) is 0 Å². The lowest BCUT2D eigenvalue weighted by Gasteiger charge is -2.21. The third-order valence-corrected chi connectivity index (χ3v) is 20.7. The van der Waals surface area contributed by atoms with Crippen molar-refractivity contribution in [3.05, 3.63) is 0 Å². The summed E-state index contributed by atoms with van der Waals surface area (Å²) in [4.78, 5) is 72.7. The van der Waals surface area contributed by atoms with Gasteiger partial charge in [-0.3, -0.25) is 37.3 Å². The second-order valence-electron chi connectivity index (χ2n) is 28.0. The summed E-state index contributed by atoms with van der Waals surface area (Å²) in [6.45, 7) is 14.2. The second kappa shape index (κ2) is 64.4. The van der Waals surface area contributed by atoms with Crippen molar-refractivity contribution < 1.29 is 80.2 Å². The lowest BCUT2D eigenvalue weighted by Crippen LogP contribution is -2.30. The van der Waals surface area contributed by atoms with Crippen molar-refractivity contribution in [3.63, 3.8) is 0 Å². The lowest BCUT2D eigenvalue weighted by molar-refractivity contribution is -0.161. The van der Waals surface area contributed by atoms with Gasteiger partial charge < -0.3 is 33.8 Å². The van der Waals surface area contributed by atoms with Gasteiger partial charge in [-0.1, -0.05) is 325 Å². The van der Waals surface area contributed by atoms with Gasteiger partial charge in [0.25, 0.3) is 0 Å². The molecule has 94 heavy (non-hydrogen) atoms. The number of phosphoric ester groups is 2. The number of hydrogen-bond acceptors (Lipinski definition) is 15. The Morgan fingerprint density at radius 1 is 0.287 bits per heavy atom. The van der Waals surface area contributed by atoms with Crippen molar-refractivity contribution in [2.45, 2.75) is 395 Å². The fraction of sp³-hybridized carbons (Fsp3) is 0.947. The predicted octanol–water partition coefficient (Wildman–Crippen LogP) is 21.7. The molecule has 6 unspecified atom stereocenters. The van der Waals surface area contributed by atoms with Crippen molar-refractivity contribution in [1.29, 1.82) is 0 Å². The summed E-state index contributed by atoms with van der Waals surface area (Å²) < 4.78 is 68.4. The van der Waals surface area contributed by atoms with E-state index in [1.807, 2.05) is 0 Å². The van der Waals surface area contributed by atoms with Crippen LogP contribution in [0.1, 0.15) is 376 Å². The maximum Gasteiger partial charge on any atom is 0.472 e. The molecule has 0 aromatic heterocycles. The number of carbonyl (C=O) groups is 4. The summed E-state index contributed by atoms with van der Waals surface area (Å²) in [5, 5.41) is 10.6. The van der Waals surface area contributed by atoms with Crippen LogP contribution in [-0.4, -0.2) is 96.7 Å². The Labute approximate surface area is 575 Å². The zero-order valence-electron chi connectivity index (χ0n) is 61.6. The molecule has 17 nitrogen and oxygen atoms in total. The molecule has 0 aromatic carbocycles. The van der Waals surface area contributed by atoms with E-state index in [9.17, 15) is 43.2 Å². The molecular formula is C75H146O17P2. The normalized spacial score (nSPS) is 15.3. The van der Waals surface area contributed by atoms with E-state index in [0.29, 0.717) is 25.7 Å². The minimum Gasteiger partial charge on any atom is -0.462 e. The molecule has 0 rings (SSSR count). The topological polar surface area (TPSA) is 237 Å². The Morgan fingerprint density at radius 3 is 0.702 bits per heavy atom. The van der Waals surface area contributed by atoms with E-state index in [2.05, 4.69) is 55.4 Å². The molecule has 0 heterocycles. The van der Waals surface area contributed by atoms with Gasteiger partial charge in [-0.25, -0.2) is 9.13 Å². The summed E-state index contributed by atoms with van der Waals surface area (Å²) in [5.74, 6) is 0.971. The van der Waals surface area contributed by atoms with Gasteiger partial charge in [-0.2, -0.15) is 0 Å². The number of esters is 4. The van der Waals surface area contributed by atoms with Gasteiger partial charge in [0.05, 0.1) is 26.4 Å². The van der Waals surface area contributed by atoms with Crippen LogP contribution in [0.25, 0.3) is 0 Å². The molecule has 0 fully saturated rings. The molecule has 558 valence electrons. The smallest absolute Gasteiger partial charge is 0.462 e. The molecule has 0 aromatic rings. The zero-order valence-corrected chi connectivity index (χ0v) is 63.4. The highest BCUT2D eigenvalue weighted by molar-refractivity contribution is 7.47. The highest BCUT2D eigenvalue weighted by Crippen LogP contribution is 2.45.